The second-order valence-corrected chi connectivity index (χ2v) is 5.88. The van der Waals surface area contributed by atoms with Gasteiger partial charge in [0, 0.05) is 18.1 Å². The van der Waals surface area contributed by atoms with Crippen LogP contribution in [0.5, 0.6) is 5.75 Å². The highest BCUT2D eigenvalue weighted by molar-refractivity contribution is 14.0. The Morgan fingerprint density at radius 2 is 1.93 bits per heavy atom. The van der Waals surface area contributed by atoms with Crippen molar-refractivity contribution in [2.24, 2.45) is 4.99 Å². The van der Waals surface area contributed by atoms with Gasteiger partial charge in [-0.2, -0.15) is 0 Å². The van der Waals surface area contributed by atoms with Gasteiger partial charge in [-0.15, -0.1) is 24.0 Å². The largest absolute Gasteiger partial charge is 0.497 e. The number of aromatic nitrogens is 1. The van der Waals surface area contributed by atoms with Crippen LogP contribution >= 0.6 is 24.0 Å². The molecule has 0 aliphatic rings. The van der Waals surface area contributed by atoms with Crippen LogP contribution in [0, 0.1) is 0 Å². The Hall–Kier alpha value is -2.35. The molecule has 0 fully saturated rings. The van der Waals surface area contributed by atoms with Crippen LogP contribution in [-0.4, -0.2) is 24.6 Å². The Kier molecular flexibility index (Phi) is 8.32. The van der Waals surface area contributed by atoms with Gasteiger partial charge >= 0.3 is 0 Å². The van der Waals surface area contributed by atoms with Crippen LogP contribution < -0.4 is 15.4 Å². The summed E-state index contributed by atoms with van der Waals surface area (Å²) in [5, 5.41) is 9.00. The number of hydrogen-bond donors (Lipinski definition) is 2. The molecule has 142 valence electrons. The van der Waals surface area contributed by atoms with E-state index in [4.69, 9.17) is 4.74 Å². The topological polar surface area (TPSA) is 58.5 Å². The molecule has 2 aromatic carbocycles. The lowest BCUT2D eigenvalue weighted by atomic mass is 10.1. The van der Waals surface area contributed by atoms with E-state index in [2.05, 4.69) is 39.7 Å². The van der Waals surface area contributed by atoms with E-state index >= 15 is 0 Å². The fraction of sp³-hybridized carbons (Fsp3) is 0.238. The van der Waals surface area contributed by atoms with Gasteiger partial charge in [-0.3, -0.25) is 4.98 Å². The first kappa shape index (κ1) is 21.0. The van der Waals surface area contributed by atoms with E-state index in [-0.39, 0.29) is 24.0 Å². The maximum absolute atomic E-state index is 5.27. The van der Waals surface area contributed by atoms with E-state index in [0.717, 1.165) is 34.9 Å². The van der Waals surface area contributed by atoms with E-state index < -0.39 is 0 Å². The Labute approximate surface area is 177 Å². The molecule has 0 unspecified atom stereocenters. The zero-order valence-electron chi connectivity index (χ0n) is 15.6. The van der Waals surface area contributed by atoms with E-state index in [1.165, 1.54) is 5.39 Å². The van der Waals surface area contributed by atoms with Gasteiger partial charge in [0.15, 0.2) is 5.96 Å². The SMILES string of the molecule is CCNC(=NCc1cccc(OC)c1)NCc1nccc2ccccc12.I. The summed E-state index contributed by atoms with van der Waals surface area (Å²) in [6, 6.07) is 18.3. The zero-order valence-corrected chi connectivity index (χ0v) is 17.9. The van der Waals surface area contributed by atoms with Crippen molar-refractivity contribution >= 4 is 40.7 Å². The molecule has 1 aromatic heterocycles. The lowest BCUT2D eigenvalue weighted by Crippen LogP contribution is -2.37. The second kappa shape index (κ2) is 10.7. The molecule has 0 aliphatic heterocycles. The third-order valence-corrected chi connectivity index (χ3v) is 4.08. The number of nitrogens with zero attached hydrogens (tertiary/aromatic N) is 2. The number of rotatable bonds is 6. The first-order valence-electron chi connectivity index (χ1n) is 8.78. The Morgan fingerprint density at radius 1 is 1.07 bits per heavy atom. The van der Waals surface area contributed by atoms with Crippen molar-refractivity contribution in [1.29, 1.82) is 0 Å². The fourth-order valence-electron chi connectivity index (χ4n) is 2.77. The van der Waals surface area contributed by atoms with Gasteiger partial charge < -0.3 is 15.4 Å². The van der Waals surface area contributed by atoms with Gasteiger partial charge in [-0.05, 0) is 36.1 Å². The molecule has 5 nitrogen and oxygen atoms in total. The monoisotopic (exact) mass is 476 g/mol. The summed E-state index contributed by atoms with van der Waals surface area (Å²) >= 11 is 0. The molecule has 0 bridgehead atoms. The second-order valence-electron chi connectivity index (χ2n) is 5.88. The summed E-state index contributed by atoms with van der Waals surface area (Å²) < 4.78 is 5.27. The predicted molar refractivity (Wildman–Crippen MR) is 122 cm³/mol. The highest BCUT2D eigenvalue weighted by Crippen LogP contribution is 2.16. The number of nitrogens with one attached hydrogen (secondary N) is 2. The number of pyridine rings is 1. The molecule has 0 spiro atoms. The smallest absolute Gasteiger partial charge is 0.191 e. The van der Waals surface area contributed by atoms with Crippen LogP contribution in [0.1, 0.15) is 18.2 Å². The predicted octanol–water partition coefficient (Wildman–Crippen LogP) is 4.12. The number of benzene rings is 2. The number of aliphatic imine (C=N–C) groups is 1. The van der Waals surface area contributed by atoms with Crippen molar-refractivity contribution in [3.8, 4) is 5.75 Å². The first-order valence-corrected chi connectivity index (χ1v) is 8.78. The first-order chi connectivity index (χ1) is 12.8. The van der Waals surface area contributed by atoms with Gasteiger partial charge in [0.25, 0.3) is 0 Å². The number of fused-ring (bicyclic) bond motifs is 1. The average Bonchev–Trinajstić information content (AvgIpc) is 2.70. The molecule has 1 heterocycles. The molecule has 0 atom stereocenters. The Morgan fingerprint density at radius 3 is 2.74 bits per heavy atom. The maximum atomic E-state index is 5.27. The number of guanidine groups is 1. The van der Waals surface area contributed by atoms with Crippen LogP contribution in [0.2, 0.25) is 0 Å². The number of ether oxygens (including phenoxy) is 1. The summed E-state index contributed by atoms with van der Waals surface area (Å²) in [4.78, 5) is 9.18. The summed E-state index contributed by atoms with van der Waals surface area (Å²) in [6.07, 6.45) is 1.85. The van der Waals surface area contributed by atoms with E-state index in [1.54, 1.807) is 7.11 Å². The van der Waals surface area contributed by atoms with Gasteiger partial charge in [-0.25, -0.2) is 4.99 Å². The van der Waals surface area contributed by atoms with Crippen molar-refractivity contribution in [3.05, 3.63) is 72.1 Å². The molecule has 0 radical (unpaired) electrons. The van der Waals surface area contributed by atoms with Gasteiger partial charge in [0.2, 0.25) is 0 Å². The Bertz CT molecular complexity index is 893. The summed E-state index contributed by atoms with van der Waals surface area (Å²) in [5.41, 5.74) is 2.11. The van der Waals surface area contributed by atoms with Crippen molar-refractivity contribution in [2.75, 3.05) is 13.7 Å². The lowest BCUT2D eigenvalue weighted by Gasteiger charge is -2.12. The number of hydrogen-bond acceptors (Lipinski definition) is 3. The molecular formula is C21H25IN4O. The summed E-state index contributed by atoms with van der Waals surface area (Å²) in [7, 11) is 1.67. The van der Waals surface area contributed by atoms with Crippen molar-refractivity contribution < 1.29 is 4.74 Å². The zero-order chi connectivity index (χ0) is 18.2. The minimum absolute atomic E-state index is 0. The molecule has 0 amide bonds. The summed E-state index contributed by atoms with van der Waals surface area (Å²) in [6.45, 7) is 4.05. The highest BCUT2D eigenvalue weighted by Gasteiger charge is 2.04. The normalized spacial score (nSPS) is 11.0. The van der Waals surface area contributed by atoms with Gasteiger partial charge in [0.1, 0.15) is 5.75 Å². The quantitative estimate of drug-likeness (QED) is 0.320. The minimum atomic E-state index is 0. The van der Waals surface area contributed by atoms with Crippen LogP contribution in [0.3, 0.4) is 0 Å². The molecule has 0 saturated carbocycles. The van der Waals surface area contributed by atoms with Crippen LogP contribution in [0.15, 0.2) is 65.8 Å². The third-order valence-electron chi connectivity index (χ3n) is 4.08. The van der Waals surface area contributed by atoms with E-state index in [9.17, 15) is 0 Å². The van der Waals surface area contributed by atoms with Crippen LogP contribution in [0.4, 0.5) is 0 Å². The molecule has 0 aliphatic carbocycles. The third kappa shape index (κ3) is 5.82. The van der Waals surface area contributed by atoms with Crippen molar-refractivity contribution in [3.63, 3.8) is 0 Å². The van der Waals surface area contributed by atoms with E-state index in [1.807, 2.05) is 48.7 Å². The van der Waals surface area contributed by atoms with E-state index in [0.29, 0.717) is 13.1 Å². The Balaban J connectivity index is 0.00000261. The highest BCUT2D eigenvalue weighted by atomic mass is 127. The molecule has 2 N–H and O–H groups in total. The molecule has 27 heavy (non-hydrogen) atoms. The minimum Gasteiger partial charge on any atom is -0.497 e. The number of methoxy groups -OCH3 is 1. The molecule has 0 saturated heterocycles. The van der Waals surface area contributed by atoms with Crippen LogP contribution in [0.25, 0.3) is 10.8 Å². The van der Waals surface area contributed by atoms with Gasteiger partial charge in [0.05, 0.1) is 25.9 Å². The summed E-state index contributed by atoms with van der Waals surface area (Å²) in [5.74, 6) is 1.61. The van der Waals surface area contributed by atoms with Gasteiger partial charge in [-0.1, -0.05) is 36.4 Å². The van der Waals surface area contributed by atoms with Crippen LogP contribution in [-0.2, 0) is 13.1 Å². The fourth-order valence-corrected chi connectivity index (χ4v) is 2.77. The number of halogens is 1. The molecule has 3 aromatic rings. The molecule has 3 rings (SSSR count). The van der Waals surface area contributed by atoms with Crippen molar-refractivity contribution in [1.82, 2.24) is 15.6 Å². The molecular weight excluding hydrogens is 451 g/mol. The standard InChI is InChI=1S/C21H24N4O.HI/c1-3-22-21(24-14-16-7-6-9-18(13-16)26-2)25-15-20-19-10-5-4-8-17(19)11-12-23-20;/h4-13H,3,14-15H2,1-2H3,(H2,22,24,25);1H. The molecule has 6 heteroatoms. The average molecular weight is 476 g/mol. The maximum Gasteiger partial charge on any atom is 0.191 e. The van der Waals surface area contributed by atoms with Crippen molar-refractivity contribution in [2.45, 2.75) is 20.0 Å². The lowest BCUT2D eigenvalue weighted by molar-refractivity contribution is 0.414.